The lowest BCUT2D eigenvalue weighted by Crippen LogP contribution is -2.29. The van der Waals surface area contributed by atoms with E-state index in [-0.39, 0.29) is 18.1 Å². The molecule has 4 aromatic heterocycles. The zero-order valence-electron chi connectivity index (χ0n) is 43.5. The second-order valence-corrected chi connectivity index (χ2v) is 19.5. The molecule has 0 radical (unpaired) electrons. The van der Waals surface area contributed by atoms with Crippen molar-refractivity contribution >= 4 is 73.5 Å². The van der Waals surface area contributed by atoms with Gasteiger partial charge in [0.2, 0.25) is 5.91 Å². The average Bonchev–Trinajstić information content (AvgIpc) is 4.33. The highest BCUT2D eigenvalue weighted by molar-refractivity contribution is 6.02. The Balaban J connectivity index is 0.000000183. The molecular weight excluding hydrogens is 933 g/mol. The number of nitrogens with zero attached hydrogens (tertiary/aromatic N) is 12. The van der Waals surface area contributed by atoms with E-state index in [0.717, 1.165) is 119 Å². The first-order chi connectivity index (χ1) is 35.7. The summed E-state index contributed by atoms with van der Waals surface area (Å²) >= 11 is 0. The number of fused-ring (bicyclic) bond motifs is 2. The van der Waals surface area contributed by atoms with Crippen molar-refractivity contribution in [1.29, 1.82) is 0 Å². The lowest BCUT2D eigenvalue weighted by Gasteiger charge is -2.26. The van der Waals surface area contributed by atoms with E-state index < -0.39 is 0 Å². The normalized spacial score (nSPS) is 13.2. The van der Waals surface area contributed by atoms with Crippen molar-refractivity contribution in [2.75, 3.05) is 99.9 Å². The predicted octanol–water partition coefficient (Wildman–Crippen LogP) is 8.33. The first kappa shape index (κ1) is 50.6. The number of nitrogens with one attached hydrogen (secondary N) is 3. The van der Waals surface area contributed by atoms with Crippen LogP contribution in [0.25, 0.3) is 44.3 Å². The van der Waals surface area contributed by atoms with Gasteiger partial charge in [-0.15, -0.1) is 0 Å². The second-order valence-electron chi connectivity index (χ2n) is 19.5. The highest BCUT2D eigenvalue weighted by atomic mass is 16.5. The molecule has 0 unspecified atom stereocenters. The van der Waals surface area contributed by atoms with Crippen LogP contribution in [0.4, 0.5) is 45.8 Å². The molecule has 4 heterocycles. The van der Waals surface area contributed by atoms with E-state index in [1.54, 1.807) is 6.33 Å². The average molecular weight is 999 g/mol. The highest BCUT2D eigenvalue weighted by Gasteiger charge is 2.28. The molecule has 0 spiro atoms. The Bertz CT molecular complexity index is 3290. The number of likely N-dealkylation sites (N-methyl/N-ethyl adjacent to an activating group) is 4. The van der Waals surface area contributed by atoms with Gasteiger partial charge in [0.25, 0.3) is 0 Å². The molecule has 2 fully saturated rings. The predicted molar refractivity (Wildman–Crippen MR) is 297 cm³/mol. The summed E-state index contributed by atoms with van der Waals surface area (Å²) in [7, 11) is 16.1. The number of carbonyl (C=O) groups is 1. The molecule has 8 aromatic rings. The van der Waals surface area contributed by atoms with Crippen LogP contribution in [0.3, 0.4) is 0 Å². The monoisotopic (exact) mass is 999 g/mol. The minimum atomic E-state index is -0.283. The zero-order valence-corrected chi connectivity index (χ0v) is 43.5. The lowest BCUT2D eigenvalue weighted by atomic mass is 10.1. The van der Waals surface area contributed by atoms with E-state index in [1.165, 1.54) is 12.4 Å². The van der Waals surface area contributed by atoms with Gasteiger partial charge in [-0.3, -0.25) is 14.2 Å². The van der Waals surface area contributed by atoms with Crippen LogP contribution in [0.5, 0.6) is 11.5 Å². The third-order valence-electron chi connectivity index (χ3n) is 12.8. The summed E-state index contributed by atoms with van der Waals surface area (Å²) in [5, 5.41) is 20.6. The number of nitrogens with two attached hydrogens (primary N) is 1. The number of rotatable bonds is 20. The number of aryl methyl sites for hydroxylation is 2. The minimum absolute atomic E-state index is 0.186. The fraction of sp³-hybridized carbons (Fsp3) is 0.327. The van der Waals surface area contributed by atoms with Gasteiger partial charge < -0.3 is 50.8 Å². The molecule has 0 bridgehead atoms. The summed E-state index contributed by atoms with van der Waals surface area (Å²) in [5.41, 5.74) is 16.9. The van der Waals surface area contributed by atoms with Crippen molar-refractivity contribution < 1.29 is 14.3 Å². The maximum atomic E-state index is 12.3. The SMILES string of the molecule is C=CC(=O)Nc1cc(Nc2cc(-c3ccc4c(cnn4C)c3)ncn2)c(OC2CC2)cc1N(C)CCN(C)C.CN(C)CCN(C)c1cc(OC2CC2)c(Nc2cc(-c3ccc4c(cnn4C)c3)ncn2)cc1N. The van der Waals surface area contributed by atoms with Crippen molar-refractivity contribution in [2.24, 2.45) is 14.1 Å². The Hall–Kier alpha value is -8.29. The third kappa shape index (κ3) is 12.5. The van der Waals surface area contributed by atoms with E-state index >= 15 is 0 Å². The molecule has 5 N–H and O–H groups in total. The second kappa shape index (κ2) is 22.2. The van der Waals surface area contributed by atoms with Gasteiger partial charge in [0.05, 0.1) is 81.1 Å². The summed E-state index contributed by atoms with van der Waals surface area (Å²) in [6.07, 6.45) is 12.7. The minimum Gasteiger partial charge on any atom is -0.488 e. The standard InChI is InChI=1S/C29H34N8O2.C26H32N8O/c1-6-29(38)34-23-14-24(27(39-21-8-9-21)16-26(23)36(4)12-11-35(2)3)33-28-15-22(30-18-31-28)19-7-10-25-20(13-19)17-32-37(25)5;1-32(2)9-10-33(3)24-14-25(35-19-6-7-19)22(12-20(24)27)31-26-13-21(28-16-29-26)17-5-8-23-18(11-17)15-30-34(23)4/h6-7,10,13-18,21H,1,8-9,11-12H2,2-5H3,(H,34,38)(H,30,31,33);5,8,11-16,19H,6-7,9-10,27H2,1-4H3,(H,28,29,31). The van der Waals surface area contributed by atoms with Gasteiger partial charge in [0.1, 0.15) is 35.8 Å². The van der Waals surface area contributed by atoms with Crippen LogP contribution in [-0.2, 0) is 18.9 Å². The molecule has 0 saturated heterocycles. The fourth-order valence-corrected chi connectivity index (χ4v) is 8.24. The van der Waals surface area contributed by atoms with E-state index in [4.69, 9.17) is 15.2 Å². The van der Waals surface area contributed by atoms with E-state index in [2.05, 4.69) is 112 Å². The van der Waals surface area contributed by atoms with E-state index in [9.17, 15) is 4.79 Å². The summed E-state index contributed by atoms with van der Waals surface area (Å²) in [6, 6.07) is 24.0. The highest BCUT2D eigenvalue weighted by Crippen LogP contribution is 2.42. The van der Waals surface area contributed by atoms with Crippen molar-refractivity contribution in [3.63, 3.8) is 0 Å². The van der Waals surface area contributed by atoms with Gasteiger partial charge in [-0.25, -0.2) is 19.9 Å². The molecule has 0 aliphatic heterocycles. The topological polar surface area (TPSA) is 198 Å². The summed E-state index contributed by atoms with van der Waals surface area (Å²) in [6.45, 7) is 7.04. The molecule has 2 aliphatic rings. The Morgan fingerprint density at radius 1 is 0.635 bits per heavy atom. The number of anilines is 8. The Kier molecular flexibility index (Phi) is 15.2. The largest absolute Gasteiger partial charge is 0.488 e. The third-order valence-corrected chi connectivity index (χ3v) is 12.8. The summed E-state index contributed by atoms with van der Waals surface area (Å²) < 4.78 is 16.3. The summed E-state index contributed by atoms with van der Waals surface area (Å²) in [5.74, 6) is 2.49. The quantitative estimate of drug-likeness (QED) is 0.0420. The van der Waals surface area contributed by atoms with Gasteiger partial charge in [-0.1, -0.05) is 18.7 Å². The molecule has 19 nitrogen and oxygen atoms in total. The van der Waals surface area contributed by atoms with Crippen LogP contribution in [0.1, 0.15) is 25.7 Å². The Labute approximate surface area is 432 Å². The van der Waals surface area contributed by atoms with E-state index in [0.29, 0.717) is 34.4 Å². The van der Waals surface area contributed by atoms with Crippen molar-refractivity contribution in [1.82, 2.24) is 49.3 Å². The smallest absolute Gasteiger partial charge is 0.247 e. The Morgan fingerprint density at radius 3 is 1.58 bits per heavy atom. The molecule has 2 saturated carbocycles. The van der Waals surface area contributed by atoms with E-state index in [1.807, 2.05) is 112 Å². The number of carbonyl (C=O) groups excluding carboxylic acids is 1. The van der Waals surface area contributed by atoms with Gasteiger partial charge in [0, 0.05) is 101 Å². The Morgan fingerprint density at radius 2 is 1.11 bits per heavy atom. The molecule has 19 heteroatoms. The first-order valence-electron chi connectivity index (χ1n) is 24.8. The number of aromatic nitrogens is 8. The van der Waals surface area contributed by atoms with Crippen molar-refractivity contribution in [3.05, 3.63) is 110 Å². The zero-order chi connectivity index (χ0) is 52.0. The van der Waals surface area contributed by atoms with Crippen LogP contribution in [-0.4, -0.2) is 136 Å². The molecule has 74 heavy (non-hydrogen) atoms. The van der Waals surface area contributed by atoms with Gasteiger partial charge in [0.15, 0.2) is 0 Å². The molecule has 0 atom stereocenters. The van der Waals surface area contributed by atoms with Gasteiger partial charge >= 0.3 is 0 Å². The number of ether oxygens (including phenoxy) is 2. The first-order valence-corrected chi connectivity index (χ1v) is 24.8. The molecular formula is C55H66N16O3. The lowest BCUT2D eigenvalue weighted by molar-refractivity contribution is -0.111. The maximum absolute atomic E-state index is 12.3. The maximum Gasteiger partial charge on any atom is 0.247 e. The number of hydrogen-bond donors (Lipinski definition) is 4. The van der Waals surface area contributed by atoms with Crippen LogP contribution < -0.4 is 41.0 Å². The fourth-order valence-electron chi connectivity index (χ4n) is 8.24. The number of benzene rings is 4. The van der Waals surface area contributed by atoms with Crippen LogP contribution in [0.2, 0.25) is 0 Å². The van der Waals surface area contributed by atoms with Gasteiger partial charge in [-0.05, 0) is 96.3 Å². The van der Waals surface area contributed by atoms with Crippen LogP contribution in [0.15, 0.2) is 110 Å². The number of amides is 1. The molecule has 384 valence electrons. The molecule has 10 rings (SSSR count). The molecule has 2 aliphatic carbocycles. The molecule has 4 aromatic carbocycles. The van der Waals surface area contributed by atoms with Crippen molar-refractivity contribution in [2.45, 2.75) is 37.9 Å². The number of nitrogen functional groups attached to an aromatic ring is 1. The number of hydrogen-bond acceptors (Lipinski definition) is 16. The van der Waals surface area contributed by atoms with Crippen molar-refractivity contribution in [3.8, 4) is 34.0 Å². The summed E-state index contributed by atoms with van der Waals surface area (Å²) in [4.78, 5) is 38.8. The van der Waals surface area contributed by atoms with Crippen LogP contribution >= 0.6 is 0 Å². The molecule has 1 amide bonds. The van der Waals surface area contributed by atoms with Crippen LogP contribution in [0, 0.1) is 0 Å². The van der Waals surface area contributed by atoms with Gasteiger partial charge in [-0.2, -0.15) is 10.2 Å².